The Hall–Kier alpha value is -1.20. The second kappa shape index (κ2) is 5.89. The number of hydrogen-bond acceptors (Lipinski definition) is 5. The van der Waals surface area contributed by atoms with Gasteiger partial charge in [0.15, 0.2) is 0 Å². The van der Waals surface area contributed by atoms with Gasteiger partial charge >= 0.3 is 0 Å². The molecule has 21 heavy (non-hydrogen) atoms. The van der Waals surface area contributed by atoms with E-state index in [2.05, 4.69) is 52.4 Å². The summed E-state index contributed by atoms with van der Waals surface area (Å²) in [6, 6.07) is 2.61. The van der Waals surface area contributed by atoms with E-state index >= 15 is 0 Å². The first-order valence-corrected chi connectivity index (χ1v) is 8.62. The molecule has 1 aliphatic rings. The molecule has 1 fully saturated rings. The van der Waals surface area contributed by atoms with E-state index in [-0.39, 0.29) is 5.54 Å². The molecule has 1 aliphatic heterocycles. The summed E-state index contributed by atoms with van der Waals surface area (Å²) in [5, 5.41) is 5.76. The molecule has 1 saturated heterocycles. The lowest BCUT2D eigenvalue weighted by atomic mass is 10.0. The summed E-state index contributed by atoms with van der Waals surface area (Å²) >= 11 is 1.75. The third-order valence-electron chi connectivity index (χ3n) is 3.99. The second-order valence-electron chi connectivity index (χ2n) is 6.81. The molecular weight excluding hydrogens is 280 g/mol. The van der Waals surface area contributed by atoms with Crippen LogP contribution in [0.2, 0.25) is 0 Å². The van der Waals surface area contributed by atoms with Gasteiger partial charge in [-0.3, -0.25) is 0 Å². The van der Waals surface area contributed by atoms with E-state index in [0.717, 1.165) is 24.4 Å². The van der Waals surface area contributed by atoms with E-state index in [1.165, 1.54) is 24.0 Å². The van der Waals surface area contributed by atoms with Crippen LogP contribution in [0.1, 0.15) is 40.0 Å². The van der Waals surface area contributed by atoms with E-state index in [0.29, 0.717) is 6.04 Å². The number of anilines is 1. The molecule has 4 nitrogen and oxygen atoms in total. The van der Waals surface area contributed by atoms with Crippen molar-refractivity contribution in [2.45, 2.75) is 51.6 Å². The molecule has 0 spiro atoms. The zero-order valence-corrected chi connectivity index (χ0v) is 13.9. The van der Waals surface area contributed by atoms with Crippen LogP contribution in [0.15, 0.2) is 17.8 Å². The fourth-order valence-corrected chi connectivity index (χ4v) is 3.75. The summed E-state index contributed by atoms with van der Waals surface area (Å²) in [6.45, 7) is 8.79. The normalized spacial score (nSPS) is 20.1. The summed E-state index contributed by atoms with van der Waals surface area (Å²) in [6.07, 6.45) is 5.50. The van der Waals surface area contributed by atoms with Crippen LogP contribution in [-0.4, -0.2) is 34.6 Å². The monoisotopic (exact) mass is 304 g/mol. The first kappa shape index (κ1) is 14.7. The molecule has 3 rings (SSSR count). The Morgan fingerprint density at radius 1 is 1.33 bits per heavy atom. The molecule has 1 N–H and O–H groups in total. The molecule has 2 aromatic heterocycles. The molecule has 0 amide bonds. The topological polar surface area (TPSA) is 41.0 Å². The SMILES string of the molecule is CC(C)(C)NCC1CCCCN1c1ncnc2ccsc12. The van der Waals surface area contributed by atoms with E-state index in [4.69, 9.17) is 0 Å². The molecule has 0 saturated carbocycles. The summed E-state index contributed by atoms with van der Waals surface area (Å²) < 4.78 is 1.22. The highest BCUT2D eigenvalue weighted by Gasteiger charge is 2.26. The number of rotatable bonds is 3. The van der Waals surface area contributed by atoms with Gasteiger partial charge in [0.25, 0.3) is 0 Å². The number of nitrogens with one attached hydrogen (secondary N) is 1. The predicted molar refractivity (Wildman–Crippen MR) is 90.2 cm³/mol. The first-order valence-electron chi connectivity index (χ1n) is 7.74. The van der Waals surface area contributed by atoms with Gasteiger partial charge in [-0.2, -0.15) is 0 Å². The maximum atomic E-state index is 4.59. The highest BCUT2D eigenvalue weighted by molar-refractivity contribution is 7.17. The van der Waals surface area contributed by atoms with Crippen molar-refractivity contribution in [3.63, 3.8) is 0 Å². The minimum atomic E-state index is 0.160. The lowest BCUT2D eigenvalue weighted by Gasteiger charge is -2.38. The molecule has 2 aromatic rings. The van der Waals surface area contributed by atoms with Gasteiger partial charge in [-0.15, -0.1) is 11.3 Å². The van der Waals surface area contributed by atoms with Gasteiger partial charge in [0.05, 0.1) is 10.2 Å². The summed E-state index contributed by atoms with van der Waals surface area (Å²) in [7, 11) is 0. The zero-order chi connectivity index (χ0) is 14.9. The molecule has 0 radical (unpaired) electrons. The number of thiophene rings is 1. The third-order valence-corrected chi connectivity index (χ3v) is 4.89. The molecule has 0 aliphatic carbocycles. The van der Waals surface area contributed by atoms with Crippen molar-refractivity contribution >= 4 is 27.4 Å². The van der Waals surface area contributed by atoms with Gasteiger partial charge in [-0.1, -0.05) is 0 Å². The number of piperidine rings is 1. The molecule has 5 heteroatoms. The van der Waals surface area contributed by atoms with Crippen LogP contribution < -0.4 is 10.2 Å². The molecule has 1 atom stereocenters. The van der Waals surface area contributed by atoms with E-state index in [9.17, 15) is 0 Å². The van der Waals surface area contributed by atoms with Crippen molar-refractivity contribution in [2.75, 3.05) is 18.0 Å². The van der Waals surface area contributed by atoms with Crippen molar-refractivity contribution < 1.29 is 0 Å². The van der Waals surface area contributed by atoms with Gasteiger partial charge in [0, 0.05) is 24.7 Å². The van der Waals surface area contributed by atoms with Gasteiger partial charge in [-0.05, 0) is 51.5 Å². The fraction of sp³-hybridized carbons (Fsp3) is 0.625. The Labute approximate surface area is 130 Å². The molecule has 114 valence electrons. The smallest absolute Gasteiger partial charge is 0.150 e. The highest BCUT2D eigenvalue weighted by atomic mass is 32.1. The van der Waals surface area contributed by atoms with Crippen molar-refractivity contribution in [1.82, 2.24) is 15.3 Å². The minimum Gasteiger partial charge on any atom is -0.351 e. The number of nitrogens with zero attached hydrogens (tertiary/aromatic N) is 3. The predicted octanol–water partition coefficient (Wildman–Crippen LogP) is 3.44. The van der Waals surface area contributed by atoms with Gasteiger partial charge in [-0.25, -0.2) is 9.97 Å². The lowest BCUT2D eigenvalue weighted by Crippen LogP contribution is -2.50. The number of fused-ring (bicyclic) bond motifs is 1. The number of aromatic nitrogens is 2. The van der Waals surface area contributed by atoms with Crippen LogP contribution >= 0.6 is 11.3 Å². The molecular formula is C16H24N4S. The van der Waals surface area contributed by atoms with Crippen LogP contribution in [0, 0.1) is 0 Å². The van der Waals surface area contributed by atoms with Gasteiger partial charge in [0.2, 0.25) is 0 Å². The quantitative estimate of drug-likeness (QED) is 0.943. The summed E-state index contributed by atoms with van der Waals surface area (Å²) in [5.41, 5.74) is 1.23. The Bertz CT molecular complexity index is 602. The molecule has 0 bridgehead atoms. The summed E-state index contributed by atoms with van der Waals surface area (Å²) in [5.74, 6) is 1.12. The Balaban J connectivity index is 1.85. The Morgan fingerprint density at radius 3 is 3.00 bits per heavy atom. The zero-order valence-electron chi connectivity index (χ0n) is 13.1. The number of hydrogen-bond donors (Lipinski definition) is 1. The second-order valence-corrected chi connectivity index (χ2v) is 7.72. The Morgan fingerprint density at radius 2 is 2.19 bits per heavy atom. The van der Waals surface area contributed by atoms with E-state index < -0.39 is 0 Å². The highest BCUT2D eigenvalue weighted by Crippen LogP contribution is 2.31. The van der Waals surface area contributed by atoms with Crippen LogP contribution in [-0.2, 0) is 0 Å². The van der Waals surface area contributed by atoms with Crippen LogP contribution in [0.25, 0.3) is 10.2 Å². The lowest BCUT2D eigenvalue weighted by molar-refractivity contribution is 0.366. The largest absolute Gasteiger partial charge is 0.351 e. The first-order chi connectivity index (χ1) is 10.0. The average Bonchev–Trinajstić information content (AvgIpc) is 2.93. The van der Waals surface area contributed by atoms with Crippen molar-refractivity contribution in [3.05, 3.63) is 17.8 Å². The van der Waals surface area contributed by atoms with Crippen molar-refractivity contribution in [2.24, 2.45) is 0 Å². The Kier molecular flexibility index (Phi) is 4.13. The molecule has 1 unspecified atom stereocenters. The van der Waals surface area contributed by atoms with Gasteiger partial charge in [0.1, 0.15) is 12.1 Å². The average molecular weight is 304 g/mol. The molecule has 3 heterocycles. The maximum absolute atomic E-state index is 4.59. The maximum Gasteiger partial charge on any atom is 0.150 e. The third kappa shape index (κ3) is 3.35. The van der Waals surface area contributed by atoms with E-state index in [1.54, 1.807) is 17.7 Å². The minimum absolute atomic E-state index is 0.160. The van der Waals surface area contributed by atoms with Crippen LogP contribution in [0.4, 0.5) is 5.82 Å². The standard InChI is InChI=1S/C16H24N4S/c1-16(2,3)19-10-12-6-4-5-8-20(12)15-14-13(7-9-21-14)17-11-18-15/h7,9,11-12,19H,4-6,8,10H2,1-3H3. The van der Waals surface area contributed by atoms with Crippen LogP contribution in [0.5, 0.6) is 0 Å². The van der Waals surface area contributed by atoms with E-state index in [1.807, 2.05) is 0 Å². The van der Waals surface area contributed by atoms with Crippen molar-refractivity contribution in [1.29, 1.82) is 0 Å². The summed E-state index contributed by atoms with van der Waals surface area (Å²) in [4.78, 5) is 11.4. The van der Waals surface area contributed by atoms with Crippen LogP contribution in [0.3, 0.4) is 0 Å². The van der Waals surface area contributed by atoms with Gasteiger partial charge < -0.3 is 10.2 Å². The fourth-order valence-electron chi connectivity index (χ4n) is 2.90. The molecule has 0 aromatic carbocycles. The van der Waals surface area contributed by atoms with Crippen molar-refractivity contribution in [3.8, 4) is 0 Å².